The number of hydrogen-bond donors (Lipinski definition) is 2. The second-order valence-corrected chi connectivity index (χ2v) is 7.55. The fraction of sp³-hybridized carbons (Fsp3) is 0.261. The van der Waals surface area contributed by atoms with Crippen LogP contribution in [0.5, 0.6) is 0 Å². The Balaban J connectivity index is 1.27. The van der Waals surface area contributed by atoms with Gasteiger partial charge in [-0.25, -0.2) is 15.0 Å². The molecule has 0 atom stereocenters. The summed E-state index contributed by atoms with van der Waals surface area (Å²) in [6, 6.07) is 21.2. The van der Waals surface area contributed by atoms with Crippen LogP contribution < -0.4 is 5.32 Å². The van der Waals surface area contributed by atoms with E-state index in [1.165, 1.54) is 5.56 Å². The molecule has 0 bridgehead atoms. The van der Waals surface area contributed by atoms with Crippen molar-refractivity contribution in [3.63, 3.8) is 0 Å². The minimum Gasteiger partial charge on any atom is -0.365 e. The number of imidazole rings is 1. The van der Waals surface area contributed by atoms with E-state index in [-0.39, 0.29) is 0 Å². The number of aromatic amines is 1. The first kappa shape index (κ1) is 17.8. The third kappa shape index (κ3) is 3.98. The molecule has 146 valence electrons. The molecule has 1 fully saturated rings. The number of hydrogen-bond acceptors (Lipinski definition) is 5. The number of aromatic nitrogens is 4. The molecule has 2 aromatic carbocycles. The molecule has 6 nitrogen and oxygen atoms in total. The largest absolute Gasteiger partial charge is 0.365 e. The molecule has 29 heavy (non-hydrogen) atoms. The van der Waals surface area contributed by atoms with Crippen LogP contribution in [0, 0.1) is 0 Å². The quantitative estimate of drug-likeness (QED) is 0.542. The molecule has 0 aliphatic carbocycles. The number of fused-ring (bicyclic) bond motifs is 1. The highest BCUT2D eigenvalue weighted by Gasteiger charge is 2.21. The predicted octanol–water partition coefficient (Wildman–Crippen LogP) is 4.10. The summed E-state index contributed by atoms with van der Waals surface area (Å²) in [6.45, 7) is 3.18. The van der Waals surface area contributed by atoms with Gasteiger partial charge in [-0.3, -0.25) is 4.90 Å². The number of nitrogens with zero attached hydrogens (tertiary/aromatic N) is 4. The van der Waals surface area contributed by atoms with E-state index in [1.807, 2.05) is 30.3 Å². The van der Waals surface area contributed by atoms with Gasteiger partial charge in [0.2, 0.25) is 0 Å². The SMILES string of the molecule is c1ccc(CN2CCC(Nc3ncnc4nc(-c5ccccc5)[nH]c34)CC2)cc1. The molecule has 0 spiro atoms. The van der Waals surface area contributed by atoms with Crippen LogP contribution in [0.1, 0.15) is 18.4 Å². The summed E-state index contributed by atoms with van der Waals surface area (Å²) in [5, 5.41) is 3.62. The molecule has 0 amide bonds. The Hall–Kier alpha value is -3.25. The summed E-state index contributed by atoms with van der Waals surface area (Å²) >= 11 is 0. The molecule has 1 aliphatic rings. The molecule has 2 aromatic heterocycles. The standard InChI is InChI=1S/C23H24N6/c1-3-7-17(8-4-1)15-29-13-11-19(12-14-29)26-22-20-23(25-16-24-22)28-21(27-20)18-9-5-2-6-10-18/h1-10,16,19H,11-15H2,(H2,24,25,26,27,28). The number of piperidine rings is 1. The average molecular weight is 384 g/mol. The van der Waals surface area contributed by atoms with Gasteiger partial charge in [-0.15, -0.1) is 0 Å². The predicted molar refractivity (Wildman–Crippen MR) is 115 cm³/mol. The zero-order valence-corrected chi connectivity index (χ0v) is 16.3. The fourth-order valence-electron chi connectivity index (χ4n) is 3.94. The molecule has 0 unspecified atom stereocenters. The lowest BCUT2D eigenvalue weighted by Crippen LogP contribution is -2.38. The van der Waals surface area contributed by atoms with Gasteiger partial charge < -0.3 is 10.3 Å². The highest BCUT2D eigenvalue weighted by Crippen LogP contribution is 2.25. The molecule has 4 aromatic rings. The second kappa shape index (κ2) is 8.01. The molecule has 1 aliphatic heterocycles. The number of H-pyrrole nitrogens is 1. The van der Waals surface area contributed by atoms with E-state index in [0.29, 0.717) is 11.7 Å². The first-order valence-electron chi connectivity index (χ1n) is 10.1. The first-order valence-corrected chi connectivity index (χ1v) is 10.1. The Kier molecular flexibility index (Phi) is 4.92. The number of rotatable bonds is 5. The number of nitrogens with one attached hydrogen (secondary N) is 2. The summed E-state index contributed by atoms with van der Waals surface area (Å²) in [5.41, 5.74) is 3.99. The van der Waals surface area contributed by atoms with Gasteiger partial charge in [0.15, 0.2) is 11.5 Å². The van der Waals surface area contributed by atoms with Crippen LogP contribution in [0.15, 0.2) is 67.0 Å². The van der Waals surface area contributed by atoms with Crippen molar-refractivity contribution >= 4 is 17.0 Å². The summed E-state index contributed by atoms with van der Waals surface area (Å²) in [6.07, 6.45) is 3.78. The molecular formula is C23H24N6. The third-order valence-corrected chi connectivity index (χ3v) is 5.51. The van der Waals surface area contributed by atoms with Gasteiger partial charge in [-0.2, -0.15) is 0 Å². The zero-order valence-electron chi connectivity index (χ0n) is 16.3. The minimum atomic E-state index is 0.406. The zero-order chi connectivity index (χ0) is 19.5. The Morgan fingerprint density at radius 2 is 1.66 bits per heavy atom. The van der Waals surface area contributed by atoms with E-state index in [0.717, 1.165) is 55.2 Å². The van der Waals surface area contributed by atoms with E-state index in [2.05, 4.69) is 60.5 Å². The van der Waals surface area contributed by atoms with Gasteiger partial charge in [0.1, 0.15) is 17.7 Å². The summed E-state index contributed by atoms with van der Waals surface area (Å²) in [4.78, 5) is 19.4. The van der Waals surface area contributed by atoms with E-state index in [9.17, 15) is 0 Å². The first-order chi connectivity index (χ1) is 14.3. The van der Waals surface area contributed by atoms with Crippen LogP contribution in [-0.2, 0) is 6.54 Å². The van der Waals surface area contributed by atoms with Crippen LogP contribution in [0.3, 0.4) is 0 Å². The van der Waals surface area contributed by atoms with E-state index >= 15 is 0 Å². The van der Waals surface area contributed by atoms with Gasteiger partial charge >= 0.3 is 0 Å². The number of benzene rings is 2. The number of likely N-dealkylation sites (tertiary alicyclic amines) is 1. The van der Waals surface area contributed by atoms with Crippen molar-refractivity contribution in [3.8, 4) is 11.4 Å². The normalized spacial score (nSPS) is 15.6. The molecule has 1 saturated heterocycles. The topological polar surface area (TPSA) is 69.7 Å². The van der Waals surface area contributed by atoms with Gasteiger partial charge in [0.25, 0.3) is 0 Å². The van der Waals surface area contributed by atoms with Crippen LogP contribution in [0.25, 0.3) is 22.6 Å². The Bertz CT molecular complexity index is 1070. The van der Waals surface area contributed by atoms with Crippen molar-refractivity contribution in [3.05, 3.63) is 72.6 Å². The average Bonchev–Trinajstić information content (AvgIpc) is 3.22. The lowest BCUT2D eigenvalue weighted by Gasteiger charge is -2.32. The maximum atomic E-state index is 4.64. The lowest BCUT2D eigenvalue weighted by atomic mass is 10.0. The van der Waals surface area contributed by atoms with Crippen LogP contribution in [0.4, 0.5) is 5.82 Å². The molecule has 2 N–H and O–H groups in total. The Labute approximate surface area is 170 Å². The molecule has 0 radical (unpaired) electrons. The molecular weight excluding hydrogens is 360 g/mol. The second-order valence-electron chi connectivity index (χ2n) is 7.55. The maximum Gasteiger partial charge on any atom is 0.183 e. The smallest absolute Gasteiger partial charge is 0.183 e. The van der Waals surface area contributed by atoms with Crippen LogP contribution in [0.2, 0.25) is 0 Å². The highest BCUT2D eigenvalue weighted by molar-refractivity contribution is 5.85. The maximum absolute atomic E-state index is 4.64. The summed E-state index contributed by atoms with van der Waals surface area (Å²) < 4.78 is 0. The number of anilines is 1. The molecule has 5 rings (SSSR count). The van der Waals surface area contributed by atoms with E-state index in [4.69, 9.17) is 0 Å². The minimum absolute atomic E-state index is 0.406. The summed E-state index contributed by atoms with van der Waals surface area (Å²) in [7, 11) is 0. The van der Waals surface area contributed by atoms with Crippen molar-refractivity contribution in [2.45, 2.75) is 25.4 Å². The van der Waals surface area contributed by atoms with Crippen molar-refractivity contribution < 1.29 is 0 Å². The van der Waals surface area contributed by atoms with E-state index < -0.39 is 0 Å². The van der Waals surface area contributed by atoms with Gasteiger partial charge in [0, 0.05) is 31.2 Å². The van der Waals surface area contributed by atoms with Crippen molar-refractivity contribution in [1.29, 1.82) is 0 Å². The third-order valence-electron chi connectivity index (χ3n) is 5.51. The Morgan fingerprint density at radius 3 is 2.41 bits per heavy atom. The Morgan fingerprint density at radius 1 is 0.931 bits per heavy atom. The van der Waals surface area contributed by atoms with Crippen LogP contribution in [-0.4, -0.2) is 44.0 Å². The molecule has 6 heteroatoms. The fourth-order valence-corrected chi connectivity index (χ4v) is 3.94. The monoisotopic (exact) mass is 384 g/mol. The highest BCUT2D eigenvalue weighted by atomic mass is 15.2. The van der Waals surface area contributed by atoms with Gasteiger partial charge in [0.05, 0.1) is 0 Å². The van der Waals surface area contributed by atoms with Crippen molar-refractivity contribution in [2.24, 2.45) is 0 Å². The molecule has 3 heterocycles. The van der Waals surface area contributed by atoms with E-state index in [1.54, 1.807) is 6.33 Å². The van der Waals surface area contributed by atoms with Crippen molar-refractivity contribution in [2.75, 3.05) is 18.4 Å². The van der Waals surface area contributed by atoms with Gasteiger partial charge in [-0.1, -0.05) is 60.7 Å². The lowest BCUT2D eigenvalue weighted by molar-refractivity contribution is 0.211. The summed E-state index contributed by atoms with van der Waals surface area (Å²) in [5.74, 6) is 1.66. The van der Waals surface area contributed by atoms with Crippen molar-refractivity contribution in [1.82, 2.24) is 24.8 Å². The molecule has 0 saturated carbocycles. The van der Waals surface area contributed by atoms with Crippen LogP contribution >= 0.6 is 0 Å². The van der Waals surface area contributed by atoms with Gasteiger partial charge in [-0.05, 0) is 18.4 Å².